The summed E-state index contributed by atoms with van der Waals surface area (Å²) in [6.45, 7) is 6.56. The Morgan fingerprint density at radius 1 is 0.944 bits per heavy atom. The molecule has 0 bridgehead atoms. The number of ether oxygens (including phenoxy) is 3. The molecule has 0 aliphatic carbocycles. The molecule has 0 fully saturated rings. The highest BCUT2D eigenvalue weighted by Gasteiger charge is 2.27. The van der Waals surface area contributed by atoms with Crippen molar-refractivity contribution < 1.29 is 28.9 Å². The second-order valence-electron chi connectivity index (χ2n) is 4.33. The second-order valence-corrected chi connectivity index (χ2v) is 4.33. The van der Waals surface area contributed by atoms with E-state index in [-0.39, 0.29) is 12.2 Å². The number of rotatable bonds is 10. The van der Waals surface area contributed by atoms with Crippen molar-refractivity contribution in [2.75, 3.05) is 6.61 Å². The molecular weight excluding hydrogens is 240 g/mol. The summed E-state index contributed by atoms with van der Waals surface area (Å²) in [5, 5.41) is 9.18. The number of aliphatic hydroxyl groups excluding tert-OH is 1. The van der Waals surface area contributed by atoms with Gasteiger partial charge in [-0.25, -0.2) is 0 Å². The van der Waals surface area contributed by atoms with Crippen LogP contribution in [0.4, 0.5) is 0 Å². The van der Waals surface area contributed by atoms with Gasteiger partial charge in [0, 0.05) is 0 Å². The topological polar surface area (TPSA) is 82.1 Å². The summed E-state index contributed by atoms with van der Waals surface area (Å²) in [5.74, 6) is 0. The van der Waals surface area contributed by atoms with Gasteiger partial charge < -0.3 is 24.1 Å². The third kappa shape index (κ3) is 6.80. The lowest BCUT2D eigenvalue weighted by atomic mass is 10.2. The van der Waals surface area contributed by atoms with Crippen molar-refractivity contribution in [3.63, 3.8) is 0 Å². The Morgan fingerprint density at radius 3 is 1.83 bits per heavy atom. The zero-order chi connectivity index (χ0) is 14.1. The zero-order valence-electron chi connectivity index (χ0n) is 11.2. The van der Waals surface area contributed by atoms with E-state index in [1.54, 1.807) is 27.7 Å². The minimum Gasteiger partial charge on any atom is -0.394 e. The lowest BCUT2D eigenvalue weighted by Gasteiger charge is -2.26. The van der Waals surface area contributed by atoms with Crippen LogP contribution in [0.1, 0.15) is 27.7 Å². The van der Waals surface area contributed by atoms with Crippen LogP contribution >= 0.6 is 0 Å². The van der Waals surface area contributed by atoms with E-state index in [4.69, 9.17) is 14.2 Å². The molecule has 0 aromatic carbocycles. The van der Waals surface area contributed by atoms with Gasteiger partial charge in [-0.05, 0) is 27.7 Å². The molecule has 0 saturated heterocycles. The van der Waals surface area contributed by atoms with Gasteiger partial charge in [-0.1, -0.05) is 0 Å². The van der Waals surface area contributed by atoms with Crippen molar-refractivity contribution >= 4 is 12.6 Å². The predicted octanol–water partition coefficient (Wildman–Crippen LogP) is 0.306. The molecule has 0 aliphatic rings. The van der Waals surface area contributed by atoms with E-state index in [2.05, 4.69) is 0 Å². The summed E-state index contributed by atoms with van der Waals surface area (Å²) in [6.07, 6.45) is -2.39. The van der Waals surface area contributed by atoms with Crippen molar-refractivity contribution in [3.05, 3.63) is 0 Å². The molecule has 6 nitrogen and oxygen atoms in total. The fourth-order valence-electron chi connectivity index (χ4n) is 1.28. The Kier molecular flexibility index (Phi) is 8.74. The molecule has 0 spiro atoms. The molecule has 0 saturated carbocycles. The first-order valence-corrected chi connectivity index (χ1v) is 5.92. The van der Waals surface area contributed by atoms with Gasteiger partial charge in [0.25, 0.3) is 0 Å². The minimum absolute atomic E-state index is 0.196. The molecule has 0 aliphatic heterocycles. The van der Waals surface area contributed by atoms with E-state index in [1.807, 2.05) is 0 Å². The van der Waals surface area contributed by atoms with Crippen LogP contribution < -0.4 is 0 Å². The van der Waals surface area contributed by atoms with Crippen molar-refractivity contribution in [1.29, 1.82) is 0 Å². The molecule has 0 heterocycles. The predicted molar refractivity (Wildman–Crippen MR) is 64.1 cm³/mol. The molecule has 0 amide bonds. The summed E-state index contributed by atoms with van der Waals surface area (Å²) in [7, 11) is 0. The lowest BCUT2D eigenvalue weighted by Crippen LogP contribution is -2.41. The average molecular weight is 262 g/mol. The summed E-state index contributed by atoms with van der Waals surface area (Å²) in [5.41, 5.74) is 0. The summed E-state index contributed by atoms with van der Waals surface area (Å²) in [6, 6.07) is 0. The Labute approximate surface area is 107 Å². The second kappa shape index (κ2) is 9.16. The normalized spacial score (nSPS) is 16.6. The highest BCUT2D eigenvalue weighted by molar-refractivity contribution is 5.58. The van der Waals surface area contributed by atoms with E-state index in [9.17, 15) is 14.7 Å². The smallest absolute Gasteiger partial charge is 0.215 e. The fraction of sp³-hybridized carbons (Fsp3) is 0.833. The molecule has 106 valence electrons. The summed E-state index contributed by atoms with van der Waals surface area (Å²) < 4.78 is 15.7. The Morgan fingerprint density at radius 2 is 1.50 bits per heavy atom. The molecule has 0 aromatic heterocycles. The molecule has 0 rings (SSSR count). The van der Waals surface area contributed by atoms with Gasteiger partial charge in [0.1, 0.15) is 12.2 Å². The van der Waals surface area contributed by atoms with Crippen molar-refractivity contribution in [3.8, 4) is 0 Å². The fourth-order valence-corrected chi connectivity index (χ4v) is 1.28. The van der Waals surface area contributed by atoms with E-state index < -0.39 is 25.1 Å². The molecule has 6 heteroatoms. The maximum atomic E-state index is 10.9. The molecule has 0 radical (unpaired) electrons. The van der Waals surface area contributed by atoms with Crippen LogP contribution in [-0.4, -0.2) is 55.0 Å². The maximum Gasteiger partial charge on any atom is 0.215 e. The third-order valence-electron chi connectivity index (χ3n) is 1.94. The highest BCUT2D eigenvalue weighted by Crippen LogP contribution is 2.09. The van der Waals surface area contributed by atoms with Gasteiger partial charge in [0.2, 0.25) is 6.29 Å². The van der Waals surface area contributed by atoms with Crippen LogP contribution in [0.25, 0.3) is 0 Å². The standard InChI is InChI=1S/C12H22O6/c1-8(2)16-10(5-13)11(6-14)18-12(7-15)17-9(3)4/h5,7-12,14H,6H2,1-4H3/t10?,11-,12?/m1/s1. The van der Waals surface area contributed by atoms with Gasteiger partial charge in [-0.3, -0.25) is 4.79 Å². The first kappa shape index (κ1) is 17.2. The minimum atomic E-state index is -1.12. The van der Waals surface area contributed by atoms with Crippen molar-refractivity contribution in [2.45, 2.75) is 58.4 Å². The number of hydrogen-bond acceptors (Lipinski definition) is 6. The lowest BCUT2D eigenvalue weighted by molar-refractivity contribution is -0.209. The number of aliphatic hydroxyl groups is 1. The first-order chi connectivity index (χ1) is 8.44. The summed E-state index contributed by atoms with van der Waals surface area (Å²) >= 11 is 0. The van der Waals surface area contributed by atoms with Crippen LogP contribution in [0.15, 0.2) is 0 Å². The van der Waals surface area contributed by atoms with Crippen molar-refractivity contribution in [2.24, 2.45) is 0 Å². The van der Waals surface area contributed by atoms with E-state index in [1.165, 1.54) is 0 Å². The van der Waals surface area contributed by atoms with Crippen LogP contribution in [0.3, 0.4) is 0 Å². The maximum absolute atomic E-state index is 10.9. The molecule has 0 aromatic rings. The third-order valence-corrected chi connectivity index (χ3v) is 1.94. The largest absolute Gasteiger partial charge is 0.394 e. The van der Waals surface area contributed by atoms with Crippen LogP contribution in [-0.2, 0) is 23.8 Å². The van der Waals surface area contributed by atoms with E-state index >= 15 is 0 Å². The molecular formula is C12H22O6. The quantitative estimate of drug-likeness (QED) is 0.450. The number of carbonyl (C=O) groups excluding carboxylic acids is 2. The van der Waals surface area contributed by atoms with Crippen LogP contribution in [0.5, 0.6) is 0 Å². The Hall–Kier alpha value is -0.820. The van der Waals surface area contributed by atoms with Crippen LogP contribution in [0.2, 0.25) is 0 Å². The average Bonchev–Trinajstić information content (AvgIpc) is 2.30. The van der Waals surface area contributed by atoms with Gasteiger partial charge in [-0.2, -0.15) is 0 Å². The highest BCUT2D eigenvalue weighted by atomic mass is 16.7. The monoisotopic (exact) mass is 262 g/mol. The first-order valence-electron chi connectivity index (χ1n) is 5.92. The molecule has 3 atom stereocenters. The van der Waals surface area contributed by atoms with Gasteiger partial charge in [0.05, 0.1) is 18.8 Å². The van der Waals surface area contributed by atoms with Gasteiger partial charge >= 0.3 is 0 Å². The van der Waals surface area contributed by atoms with Gasteiger partial charge in [0.15, 0.2) is 12.6 Å². The number of aldehydes is 2. The van der Waals surface area contributed by atoms with Crippen LogP contribution in [0, 0.1) is 0 Å². The zero-order valence-corrected chi connectivity index (χ0v) is 11.2. The number of carbonyl (C=O) groups is 2. The van der Waals surface area contributed by atoms with Gasteiger partial charge in [-0.15, -0.1) is 0 Å². The Balaban J connectivity index is 4.53. The Bertz CT molecular complexity index is 241. The van der Waals surface area contributed by atoms with E-state index in [0.717, 1.165) is 0 Å². The van der Waals surface area contributed by atoms with Crippen molar-refractivity contribution in [1.82, 2.24) is 0 Å². The van der Waals surface area contributed by atoms with E-state index in [0.29, 0.717) is 12.6 Å². The molecule has 18 heavy (non-hydrogen) atoms. The molecule has 2 unspecified atom stereocenters. The molecule has 1 N–H and O–H groups in total. The SMILES string of the molecule is CC(C)OC(C=O)O[C@H](CO)C(C=O)OC(C)C. The summed E-state index contributed by atoms with van der Waals surface area (Å²) in [4.78, 5) is 21.7. The number of hydrogen-bond donors (Lipinski definition) is 1.